The lowest BCUT2D eigenvalue weighted by atomic mass is 10.1. The summed E-state index contributed by atoms with van der Waals surface area (Å²) in [5.74, 6) is 1.07. The van der Waals surface area contributed by atoms with Crippen LogP contribution in [0.4, 0.5) is 0 Å². The highest BCUT2D eigenvalue weighted by Gasteiger charge is 2.33. The second-order valence-electron chi connectivity index (χ2n) is 9.22. The van der Waals surface area contributed by atoms with Crippen molar-refractivity contribution in [2.24, 2.45) is 4.99 Å². The van der Waals surface area contributed by atoms with E-state index in [1.165, 1.54) is 11.8 Å². The number of thioether (sulfide) groups is 1. The predicted molar refractivity (Wildman–Crippen MR) is 171 cm³/mol. The molecular weight excluding hydrogens is 620 g/mol. The monoisotopic (exact) mass is 646 g/mol. The first-order valence-corrected chi connectivity index (χ1v) is 15.2. The Morgan fingerprint density at radius 3 is 2.32 bits per heavy atom. The van der Waals surface area contributed by atoms with Crippen molar-refractivity contribution in [3.05, 3.63) is 134 Å². The minimum Gasteiger partial charge on any atom is -0.490 e. The van der Waals surface area contributed by atoms with Gasteiger partial charge in [0.25, 0.3) is 5.91 Å². The first-order valence-electron chi connectivity index (χ1n) is 13.2. The number of benzene rings is 4. The minimum atomic E-state index is -0.0845. The van der Waals surface area contributed by atoms with Crippen molar-refractivity contribution in [2.75, 3.05) is 6.61 Å². The summed E-state index contributed by atoms with van der Waals surface area (Å²) in [7, 11) is 0. The zero-order chi connectivity index (χ0) is 28.6. The van der Waals surface area contributed by atoms with Crippen molar-refractivity contribution >= 4 is 56.4 Å². The fourth-order valence-electron chi connectivity index (χ4n) is 4.26. The lowest BCUT2D eigenvalue weighted by Gasteiger charge is -2.16. The third-order valence-corrected chi connectivity index (χ3v) is 8.27. The van der Waals surface area contributed by atoms with Gasteiger partial charge in [-0.3, -0.25) is 14.7 Å². The van der Waals surface area contributed by atoms with Gasteiger partial charge in [0, 0.05) is 10.6 Å². The number of halogens is 2. The normalized spacial score (nSPS) is 15.1. The molecule has 41 heavy (non-hydrogen) atoms. The fraction of sp³-hybridized carbons (Fsp3) is 0.152. The summed E-state index contributed by atoms with van der Waals surface area (Å²) in [5, 5.41) is 1.32. The number of nitrogens with zero attached hydrogens (tertiary/aromatic N) is 2. The SMILES string of the molecule is CCOc1cc(/C=C2\SC(=NCc3ccccc3)N(Cc3ccccc3)C2=O)cc(Br)c1OCc1ccccc1Cl. The molecule has 4 aromatic rings. The van der Waals surface area contributed by atoms with Gasteiger partial charge < -0.3 is 9.47 Å². The zero-order valence-electron chi connectivity index (χ0n) is 22.4. The Balaban J connectivity index is 1.43. The standard InChI is InChI=1S/C33H28BrClN2O3S/c1-2-39-29-18-25(17-27(34)31(29)40-22-26-15-9-10-16-28(26)35)19-30-32(38)37(21-24-13-7-4-8-14-24)33(41-30)36-20-23-11-5-3-6-12-23/h3-19H,2,20-22H2,1H3/b30-19-,36-33?. The average molecular weight is 648 g/mol. The van der Waals surface area contributed by atoms with E-state index in [1.807, 2.05) is 110 Å². The van der Waals surface area contributed by atoms with E-state index in [1.54, 1.807) is 4.90 Å². The third kappa shape index (κ3) is 7.41. The molecule has 1 amide bonds. The summed E-state index contributed by atoms with van der Waals surface area (Å²) in [5.41, 5.74) is 3.81. The molecule has 1 aliphatic heterocycles. The van der Waals surface area contributed by atoms with E-state index in [2.05, 4.69) is 15.9 Å². The molecule has 4 aromatic carbocycles. The van der Waals surface area contributed by atoms with Crippen LogP contribution in [0.25, 0.3) is 6.08 Å². The second kappa shape index (κ2) is 13.9. The van der Waals surface area contributed by atoms with Gasteiger partial charge in [-0.25, -0.2) is 0 Å². The molecule has 1 fully saturated rings. The molecule has 0 bridgehead atoms. The third-order valence-electron chi connectivity index (χ3n) is 6.27. The molecule has 8 heteroatoms. The van der Waals surface area contributed by atoms with Gasteiger partial charge in [0.2, 0.25) is 0 Å². The maximum Gasteiger partial charge on any atom is 0.267 e. The van der Waals surface area contributed by atoms with Crippen molar-refractivity contribution in [1.29, 1.82) is 0 Å². The second-order valence-corrected chi connectivity index (χ2v) is 11.5. The molecule has 0 spiro atoms. The van der Waals surface area contributed by atoms with E-state index in [9.17, 15) is 4.79 Å². The lowest BCUT2D eigenvalue weighted by Crippen LogP contribution is -2.28. The highest BCUT2D eigenvalue weighted by Crippen LogP contribution is 2.40. The summed E-state index contributed by atoms with van der Waals surface area (Å²) in [6, 6.07) is 31.4. The van der Waals surface area contributed by atoms with Gasteiger partial charge in [0.05, 0.1) is 29.1 Å². The first kappa shape index (κ1) is 29.0. The summed E-state index contributed by atoms with van der Waals surface area (Å²) in [6.07, 6.45) is 1.88. The largest absolute Gasteiger partial charge is 0.490 e. The number of aliphatic imine (C=N–C) groups is 1. The Labute approximate surface area is 258 Å². The van der Waals surface area contributed by atoms with Crippen LogP contribution in [0.5, 0.6) is 11.5 Å². The summed E-state index contributed by atoms with van der Waals surface area (Å²) in [6.45, 7) is 3.61. The number of hydrogen-bond acceptors (Lipinski definition) is 5. The number of carbonyl (C=O) groups is 1. The van der Waals surface area contributed by atoms with Crippen LogP contribution >= 0.6 is 39.3 Å². The predicted octanol–water partition coefficient (Wildman–Crippen LogP) is 8.75. The molecule has 0 aromatic heterocycles. The van der Waals surface area contributed by atoms with Gasteiger partial charge in [-0.05, 0) is 75.6 Å². The van der Waals surface area contributed by atoms with Gasteiger partial charge in [0.1, 0.15) is 6.61 Å². The van der Waals surface area contributed by atoms with Crippen molar-refractivity contribution in [3.8, 4) is 11.5 Å². The number of ether oxygens (including phenoxy) is 2. The van der Waals surface area contributed by atoms with Crippen molar-refractivity contribution in [3.63, 3.8) is 0 Å². The number of carbonyl (C=O) groups excluding carboxylic acids is 1. The van der Waals surface area contributed by atoms with Crippen LogP contribution in [0.1, 0.15) is 29.2 Å². The molecule has 0 unspecified atom stereocenters. The van der Waals surface area contributed by atoms with Gasteiger partial charge in [-0.1, -0.05) is 90.5 Å². The van der Waals surface area contributed by atoms with Gasteiger partial charge in [-0.2, -0.15) is 0 Å². The van der Waals surface area contributed by atoms with Gasteiger partial charge in [-0.15, -0.1) is 0 Å². The summed E-state index contributed by atoms with van der Waals surface area (Å²) < 4.78 is 12.8. The topological polar surface area (TPSA) is 51.1 Å². The Morgan fingerprint density at radius 2 is 1.61 bits per heavy atom. The highest BCUT2D eigenvalue weighted by atomic mass is 79.9. The van der Waals surface area contributed by atoms with Gasteiger partial charge >= 0.3 is 0 Å². The smallest absolute Gasteiger partial charge is 0.267 e. The lowest BCUT2D eigenvalue weighted by molar-refractivity contribution is -0.122. The van der Waals surface area contributed by atoms with Crippen LogP contribution in [-0.2, 0) is 24.5 Å². The quantitative estimate of drug-likeness (QED) is 0.162. The van der Waals surface area contributed by atoms with E-state index < -0.39 is 0 Å². The molecule has 0 N–H and O–H groups in total. The average Bonchev–Trinajstić information content (AvgIpc) is 3.27. The molecule has 0 saturated carbocycles. The molecule has 5 rings (SSSR count). The van der Waals surface area contributed by atoms with Crippen molar-refractivity contribution < 1.29 is 14.3 Å². The van der Waals surface area contributed by atoms with Crippen molar-refractivity contribution in [1.82, 2.24) is 4.90 Å². The van der Waals surface area contributed by atoms with E-state index in [0.717, 1.165) is 26.7 Å². The molecule has 208 valence electrons. The Morgan fingerprint density at radius 1 is 0.927 bits per heavy atom. The van der Waals surface area contributed by atoms with E-state index in [-0.39, 0.29) is 5.91 Å². The molecule has 0 radical (unpaired) electrons. The molecule has 0 atom stereocenters. The number of rotatable bonds is 10. The zero-order valence-corrected chi connectivity index (χ0v) is 25.6. The van der Waals surface area contributed by atoms with Crippen LogP contribution in [0.3, 0.4) is 0 Å². The van der Waals surface area contributed by atoms with Crippen LogP contribution in [0, 0.1) is 0 Å². The summed E-state index contributed by atoms with van der Waals surface area (Å²) in [4.78, 5) is 20.8. The minimum absolute atomic E-state index is 0.0845. The van der Waals surface area contributed by atoms with Crippen molar-refractivity contribution in [2.45, 2.75) is 26.6 Å². The Hall–Kier alpha value is -3.52. The fourth-order valence-corrected chi connectivity index (χ4v) is 6.01. The Kier molecular flexibility index (Phi) is 9.83. The number of amidine groups is 1. The Bertz CT molecular complexity index is 1580. The van der Waals surface area contributed by atoms with Crippen LogP contribution in [0.2, 0.25) is 5.02 Å². The van der Waals surface area contributed by atoms with E-state index in [4.69, 9.17) is 26.1 Å². The van der Waals surface area contributed by atoms with Gasteiger partial charge in [0.15, 0.2) is 16.7 Å². The molecule has 0 aliphatic carbocycles. The molecule has 1 aliphatic rings. The summed E-state index contributed by atoms with van der Waals surface area (Å²) >= 11 is 11.4. The molecule has 5 nitrogen and oxygen atoms in total. The number of hydrogen-bond donors (Lipinski definition) is 0. The van der Waals surface area contributed by atoms with Crippen LogP contribution in [0.15, 0.2) is 111 Å². The molecule has 1 heterocycles. The first-order chi connectivity index (χ1) is 20.0. The van der Waals surface area contributed by atoms with E-state index >= 15 is 0 Å². The maximum absolute atomic E-state index is 13.7. The highest BCUT2D eigenvalue weighted by molar-refractivity contribution is 9.10. The van der Waals surface area contributed by atoms with Crippen LogP contribution < -0.4 is 9.47 Å². The molecule has 1 saturated heterocycles. The maximum atomic E-state index is 13.7. The molecular formula is C33H28BrClN2O3S. The number of amides is 1. The van der Waals surface area contributed by atoms with Crippen LogP contribution in [-0.4, -0.2) is 22.6 Å². The van der Waals surface area contributed by atoms with E-state index in [0.29, 0.717) is 52.9 Å².